The molecule has 1 aromatic carbocycles. The number of alkyl carbamates (subject to hydrolysis) is 1. The van der Waals surface area contributed by atoms with Crippen LogP contribution in [0.1, 0.15) is 24.0 Å². The van der Waals surface area contributed by atoms with Crippen molar-refractivity contribution in [3.8, 4) is 0 Å². The first-order chi connectivity index (χ1) is 14.0. The largest absolute Gasteiger partial charge is 0.445 e. The topological polar surface area (TPSA) is 115 Å². The molecule has 1 atom stereocenters. The third kappa shape index (κ3) is 5.61. The summed E-state index contributed by atoms with van der Waals surface area (Å²) in [5, 5.41) is 2.87. The van der Waals surface area contributed by atoms with E-state index in [0.717, 1.165) is 5.56 Å². The third-order valence-corrected chi connectivity index (χ3v) is 4.14. The average Bonchev–Trinajstić information content (AvgIpc) is 3.05. The van der Waals surface area contributed by atoms with Gasteiger partial charge in [-0.1, -0.05) is 36.4 Å². The van der Waals surface area contributed by atoms with Crippen molar-refractivity contribution >= 4 is 23.9 Å². The average molecular weight is 397 g/mol. The Hall–Kier alpha value is -3.75. The molecule has 3 rings (SSSR count). The first-order valence-electron chi connectivity index (χ1n) is 8.96. The van der Waals surface area contributed by atoms with Crippen molar-refractivity contribution in [2.24, 2.45) is 0 Å². The fraction of sp³-hybridized carbons (Fsp3) is 0.250. The number of hydrogen-bond acceptors (Lipinski definition) is 7. The molecule has 9 heteroatoms. The molecule has 3 amide bonds. The molecule has 1 saturated heterocycles. The number of nitrogens with zero attached hydrogens (tertiary/aromatic N) is 2. The number of aromatic nitrogens is 1. The predicted octanol–water partition coefficient (Wildman–Crippen LogP) is 1.53. The summed E-state index contributed by atoms with van der Waals surface area (Å²) in [5.41, 5.74) is 1.43. The lowest BCUT2D eigenvalue weighted by atomic mass is 10.1. The fourth-order valence-electron chi connectivity index (χ4n) is 2.67. The van der Waals surface area contributed by atoms with Gasteiger partial charge in [0.05, 0.1) is 0 Å². The van der Waals surface area contributed by atoms with Gasteiger partial charge >= 0.3 is 12.1 Å². The van der Waals surface area contributed by atoms with Crippen LogP contribution in [0.4, 0.5) is 4.79 Å². The van der Waals surface area contributed by atoms with Crippen LogP contribution in [-0.2, 0) is 37.0 Å². The molecule has 0 saturated carbocycles. The Balaban J connectivity index is 1.65. The van der Waals surface area contributed by atoms with Crippen LogP contribution in [0.3, 0.4) is 0 Å². The molecule has 1 aliphatic rings. The number of nitrogens with one attached hydrogen (secondary N) is 1. The first kappa shape index (κ1) is 20.0. The molecule has 150 valence electrons. The molecule has 0 aliphatic carbocycles. The highest BCUT2D eigenvalue weighted by Gasteiger charge is 2.35. The van der Waals surface area contributed by atoms with Crippen LogP contribution in [0.5, 0.6) is 0 Å². The van der Waals surface area contributed by atoms with E-state index in [2.05, 4.69) is 10.3 Å². The SMILES string of the molecule is O=C(N[C@@H](Cc1cccnc1)C(=O)ON1C(=O)CCC1=O)OCc1ccccc1. The van der Waals surface area contributed by atoms with E-state index in [-0.39, 0.29) is 25.9 Å². The minimum absolute atomic E-state index is 0.0183. The van der Waals surface area contributed by atoms with Gasteiger partial charge in [0, 0.05) is 31.7 Å². The fourth-order valence-corrected chi connectivity index (χ4v) is 2.67. The summed E-state index contributed by atoms with van der Waals surface area (Å²) in [5.74, 6) is -2.15. The second-order valence-electron chi connectivity index (χ2n) is 6.32. The molecule has 29 heavy (non-hydrogen) atoms. The Morgan fingerprint density at radius 2 is 1.72 bits per heavy atom. The summed E-state index contributed by atoms with van der Waals surface area (Å²) in [6.45, 7) is 0.0183. The van der Waals surface area contributed by atoms with Gasteiger partial charge in [0.1, 0.15) is 12.6 Å². The summed E-state index contributed by atoms with van der Waals surface area (Å²) in [6, 6.07) is 11.3. The van der Waals surface area contributed by atoms with Gasteiger partial charge in [-0.05, 0) is 17.2 Å². The van der Waals surface area contributed by atoms with Gasteiger partial charge in [-0.2, -0.15) is 0 Å². The van der Waals surface area contributed by atoms with Crippen molar-refractivity contribution in [1.29, 1.82) is 0 Å². The summed E-state index contributed by atoms with van der Waals surface area (Å²) in [4.78, 5) is 57.0. The number of carbonyl (C=O) groups excluding carboxylic acids is 4. The minimum Gasteiger partial charge on any atom is -0.445 e. The molecule has 0 unspecified atom stereocenters. The number of imide groups is 1. The van der Waals surface area contributed by atoms with Crippen molar-refractivity contribution in [1.82, 2.24) is 15.4 Å². The van der Waals surface area contributed by atoms with Gasteiger partial charge in [-0.25, -0.2) is 9.59 Å². The van der Waals surface area contributed by atoms with Crippen LogP contribution in [0.15, 0.2) is 54.9 Å². The Morgan fingerprint density at radius 1 is 1.03 bits per heavy atom. The maximum atomic E-state index is 12.5. The number of pyridine rings is 1. The molecule has 1 aromatic heterocycles. The highest BCUT2D eigenvalue weighted by molar-refractivity contribution is 6.01. The van der Waals surface area contributed by atoms with Crippen molar-refractivity contribution in [2.45, 2.75) is 31.9 Å². The van der Waals surface area contributed by atoms with Crippen LogP contribution in [0, 0.1) is 0 Å². The van der Waals surface area contributed by atoms with E-state index in [0.29, 0.717) is 10.6 Å². The van der Waals surface area contributed by atoms with Gasteiger partial charge in [0.2, 0.25) is 0 Å². The van der Waals surface area contributed by atoms with Crippen LogP contribution >= 0.6 is 0 Å². The monoisotopic (exact) mass is 397 g/mol. The second kappa shape index (κ2) is 9.45. The van der Waals surface area contributed by atoms with E-state index >= 15 is 0 Å². The van der Waals surface area contributed by atoms with Gasteiger partial charge in [-0.15, -0.1) is 5.06 Å². The smallest absolute Gasteiger partial charge is 0.408 e. The molecule has 1 N–H and O–H groups in total. The zero-order chi connectivity index (χ0) is 20.6. The summed E-state index contributed by atoms with van der Waals surface area (Å²) >= 11 is 0. The lowest BCUT2D eigenvalue weighted by Crippen LogP contribution is -2.46. The third-order valence-electron chi connectivity index (χ3n) is 4.14. The van der Waals surface area contributed by atoms with Crippen LogP contribution in [-0.4, -0.2) is 40.0 Å². The molecule has 1 aliphatic heterocycles. The van der Waals surface area contributed by atoms with E-state index in [9.17, 15) is 19.2 Å². The molecule has 0 spiro atoms. The molecule has 0 bridgehead atoms. The maximum absolute atomic E-state index is 12.5. The number of rotatable bonds is 7. The lowest BCUT2D eigenvalue weighted by Gasteiger charge is -2.20. The van der Waals surface area contributed by atoms with Gasteiger partial charge < -0.3 is 14.9 Å². The molecule has 1 fully saturated rings. The molecular formula is C20H19N3O6. The maximum Gasteiger partial charge on any atom is 0.408 e. The highest BCUT2D eigenvalue weighted by Crippen LogP contribution is 2.14. The molecule has 0 radical (unpaired) electrons. The Bertz CT molecular complexity index is 872. The van der Waals surface area contributed by atoms with Crippen LogP contribution in [0.25, 0.3) is 0 Å². The van der Waals surface area contributed by atoms with Gasteiger partial charge in [0.25, 0.3) is 11.8 Å². The molecule has 2 aromatic rings. The summed E-state index contributed by atoms with van der Waals surface area (Å²) < 4.78 is 5.14. The Kier molecular flexibility index (Phi) is 6.51. The van der Waals surface area contributed by atoms with Crippen molar-refractivity contribution in [3.05, 3.63) is 66.0 Å². The lowest BCUT2D eigenvalue weighted by molar-refractivity contribution is -0.198. The minimum atomic E-state index is -1.18. The van der Waals surface area contributed by atoms with Crippen LogP contribution < -0.4 is 5.32 Å². The number of amides is 3. The zero-order valence-electron chi connectivity index (χ0n) is 15.4. The summed E-state index contributed by atoms with van der Waals surface area (Å²) in [7, 11) is 0. The Labute approximate surface area is 166 Å². The number of benzene rings is 1. The van der Waals surface area contributed by atoms with Crippen molar-refractivity contribution < 1.29 is 28.8 Å². The number of hydroxylamine groups is 2. The normalized spacial score (nSPS) is 14.4. The molecule has 9 nitrogen and oxygen atoms in total. The van der Waals surface area contributed by atoms with Gasteiger partial charge in [0.15, 0.2) is 0 Å². The second-order valence-corrected chi connectivity index (χ2v) is 6.32. The predicted molar refractivity (Wildman–Crippen MR) is 98.7 cm³/mol. The first-order valence-corrected chi connectivity index (χ1v) is 8.96. The van der Waals surface area contributed by atoms with E-state index in [1.54, 1.807) is 30.5 Å². The van der Waals surface area contributed by atoms with Crippen LogP contribution in [0.2, 0.25) is 0 Å². The summed E-state index contributed by atoms with van der Waals surface area (Å²) in [6.07, 6.45) is 2.27. The van der Waals surface area contributed by atoms with E-state index in [4.69, 9.17) is 9.57 Å². The quantitative estimate of drug-likeness (QED) is 0.705. The number of carbonyl (C=O) groups is 4. The van der Waals surface area contributed by atoms with E-state index in [1.165, 1.54) is 6.20 Å². The molecular weight excluding hydrogens is 378 g/mol. The standard InChI is InChI=1S/C20H19N3O6/c24-17-8-9-18(25)23(17)29-19(26)16(11-15-7-4-10-21-12-15)22-20(27)28-13-14-5-2-1-3-6-14/h1-7,10,12,16H,8-9,11,13H2,(H,22,27)/t16-/m0/s1. The van der Waals surface area contributed by atoms with Gasteiger partial charge in [-0.3, -0.25) is 14.6 Å². The highest BCUT2D eigenvalue weighted by atomic mass is 16.7. The number of ether oxygens (including phenoxy) is 1. The van der Waals surface area contributed by atoms with E-state index < -0.39 is 29.9 Å². The number of hydrogen-bond donors (Lipinski definition) is 1. The van der Waals surface area contributed by atoms with Crippen molar-refractivity contribution in [3.63, 3.8) is 0 Å². The van der Waals surface area contributed by atoms with Crippen molar-refractivity contribution in [2.75, 3.05) is 0 Å². The molecule has 2 heterocycles. The van der Waals surface area contributed by atoms with E-state index in [1.807, 2.05) is 18.2 Å². The zero-order valence-corrected chi connectivity index (χ0v) is 15.4. The Morgan fingerprint density at radius 3 is 2.38 bits per heavy atom.